The Balaban J connectivity index is 2.24. The van der Waals surface area contributed by atoms with Crippen LogP contribution in [0.25, 0.3) is 6.08 Å². The average Bonchev–Trinajstić information content (AvgIpc) is 2.53. The van der Waals surface area contributed by atoms with Gasteiger partial charge in [0.05, 0.1) is 4.92 Å². The van der Waals surface area contributed by atoms with Crippen molar-refractivity contribution in [3.05, 3.63) is 75.8 Å². The molecular formula is C16H14N2O3. The summed E-state index contributed by atoms with van der Waals surface area (Å²) in [7, 11) is 1.62. The minimum atomic E-state index is -0.456. The predicted molar refractivity (Wildman–Crippen MR) is 82.4 cm³/mol. The van der Waals surface area contributed by atoms with Gasteiger partial charge in [-0.15, -0.1) is 0 Å². The molecule has 106 valence electrons. The molecule has 2 aromatic rings. The number of hydrogen-bond donors (Lipinski definition) is 1. The molecule has 2 aromatic carbocycles. The van der Waals surface area contributed by atoms with Gasteiger partial charge in [-0.05, 0) is 17.7 Å². The fourth-order valence-electron chi connectivity index (χ4n) is 1.89. The second kappa shape index (κ2) is 6.47. The Morgan fingerprint density at radius 3 is 2.52 bits per heavy atom. The lowest BCUT2D eigenvalue weighted by Gasteiger charge is -2.02. The zero-order valence-electron chi connectivity index (χ0n) is 11.4. The van der Waals surface area contributed by atoms with Crippen LogP contribution in [0.2, 0.25) is 0 Å². The van der Waals surface area contributed by atoms with E-state index in [1.54, 1.807) is 49.5 Å². The highest BCUT2D eigenvalue weighted by atomic mass is 16.6. The Kier molecular flexibility index (Phi) is 4.46. The predicted octanol–water partition coefficient (Wildman–Crippen LogP) is 3.53. The van der Waals surface area contributed by atoms with Crippen molar-refractivity contribution in [1.29, 1.82) is 0 Å². The number of hydrogen-bond acceptors (Lipinski definition) is 4. The van der Waals surface area contributed by atoms with E-state index < -0.39 is 4.92 Å². The zero-order chi connectivity index (χ0) is 15.2. The molecule has 0 saturated carbocycles. The normalized spacial score (nSPS) is 10.5. The molecule has 0 radical (unpaired) electrons. The van der Waals surface area contributed by atoms with E-state index in [0.717, 1.165) is 0 Å². The van der Waals surface area contributed by atoms with E-state index in [9.17, 15) is 14.9 Å². The monoisotopic (exact) mass is 282 g/mol. The number of allylic oxidation sites excluding steroid dienone is 1. The summed E-state index contributed by atoms with van der Waals surface area (Å²) in [5.41, 5.74) is 1.60. The highest BCUT2D eigenvalue weighted by Crippen LogP contribution is 2.25. The van der Waals surface area contributed by atoms with E-state index in [-0.39, 0.29) is 11.5 Å². The molecule has 2 rings (SSSR count). The van der Waals surface area contributed by atoms with E-state index in [4.69, 9.17) is 0 Å². The summed E-state index contributed by atoms with van der Waals surface area (Å²) in [4.78, 5) is 22.4. The van der Waals surface area contributed by atoms with Crippen LogP contribution in [0.1, 0.15) is 15.9 Å². The van der Waals surface area contributed by atoms with E-state index in [0.29, 0.717) is 16.8 Å². The van der Waals surface area contributed by atoms with Crippen molar-refractivity contribution < 1.29 is 9.72 Å². The molecule has 5 heteroatoms. The number of carbonyl (C=O) groups excluding carboxylic acids is 1. The number of rotatable bonds is 5. The maximum absolute atomic E-state index is 11.9. The van der Waals surface area contributed by atoms with Crippen LogP contribution in [-0.2, 0) is 0 Å². The Morgan fingerprint density at radius 1 is 1.19 bits per heavy atom. The molecule has 0 saturated heterocycles. The highest BCUT2D eigenvalue weighted by molar-refractivity contribution is 6.06. The molecule has 0 aliphatic heterocycles. The molecule has 0 aliphatic carbocycles. The number of anilines is 1. The smallest absolute Gasteiger partial charge is 0.292 e. The molecule has 0 aromatic heterocycles. The van der Waals surface area contributed by atoms with Crippen LogP contribution in [0.5, 0.6) is 0 Å². The van der Waals surface area contributed by atoms with Crippen molar-refractivity contribution in [2.24, 2.45) is 0 Å². The molecule has 0 atom stereocenters. The molecule has 0 bridgehead atoms. The van der Waals surface area contributed by atoms with Gasteiger partial charge in [0.15, 0.2) is 5.78 Å². The second-order valence-electron chi connectivity index (χ2n) is 4.35. The quantitative estimate of drug-likeness (QED) is 0.394. The first-order valence-corrected chi connectivity index (χ1v) is 6.35. The van der Waals surface area contributed by atoms with Gasteiger partial charge in [0, 0.05) is 18.7 Å². The van der Waals surface area contributed by atoms with Gasteiger partial charge in [0.25, 0.3) is 5.69 Å². The first-order valence-electron chi connectivity index (χ1n) is 6.35. The number of nitro benzene ring substituents is 1. The fraction of sp³-hybridized carbons (Fsp3) is 0.0625. The van der Waals surface area contributed by atoms with Crippen molar-refractivity contribution in [3.8, 4) is 0 Å². The van der Waals surface area contributed by atoms with Gasteiger partial charge in [0.2, 0.25) is 0 Å². The zero-order valence-corrected chi connectivity index (χ0v) is 11.4. The van der Waals surface area contributed by atoms with Crippen LogP contribution in [-0.4, -0.2) is 17.8 Å². The minimum absolute atomic E-state index is 0.0215. The van der Waals surface area contributed by atoms with Gasteiger partial charge in [-0.3, -0.25) is 14.9 Å². The summed E-state index contributed by atoms with van der Waals surface area (Å²) in [5.74, 6) is -0.143. The van der Waals surface area contributed by atoms with E-state index in [1.165, 1.54) is 12.1 Å². The second-order valence-corrected chi connectivity index (χ2v) is 4.35. The van der Waals surface area contributed by atoms with Crippen LogP contribution in [0.3, 0.4) is 0 Å². The van der Waals surface area contributed by atoms with Crippen LogP contribution < -0.4 is 5.32 Å². The molecular weight excluding hydrogens is 268 g/mol. The topological polar surface area (TPSA) is 72.2 Å². The number of nitrogens with zero attached hydrogens (tertiary/aromatic N) is 1. The van der Waals surface area contributed by atoms with Crippen LogP contribution >= 0.6 is 0 Å². The van der Waals surface area contributed by atoms with Gasteiger partial charge in [-0.25, -0.2) is 0 Å². The summed E-state index contributed by atoms with van der Waals surface area (Å²) in [6.45, 7) is 0. The standard InChI is InChI=1S/C16H14N2O3/c1-17-14-9-7-12(11-15(14)18(20)21)8-10-16(19)13-5-3-2-4-6-13/h2-11,17H,1H3/b10-8+. The first-order chi connectivity index (χ1) is 10.1. The highest BCUT2D eigenvalue weighted by Gasteiger charge is 2.12. The van der Waals surface area contributed by atoms with Crippen molar-refractivity contribution in [2.45, 2.75) is 0 Å². The molecule has 0 unspecified atom stereocenters. The maximum Gasteiger partial charge on any atom is 0.292 e. The molecule has 5 nitrogen and oxygen atoms in total. The van der Waals surface area contributed by atoms with Gasteiger partial charge in [-0.2, -0.15) is 0 Å². The lowest BCUT2D eigenvalue weighted by molar-refractivity contribution is -0.383. The number of ketones is 1. The largest absolute Gasteiger partial charge is 0.383 e. The van der Waals surface area contributed by atoms with Gasteiger partial charge in [-0.1, -0.05) is 42.5 Å². The summed E-state index contributed by atoms with van der Waals surface area (Å²) in [6.07, 6.45) is 2.98. The van der Waals surface area contributed by atoms with E-state index >= 15 is 0 Å². The summed E-state index contributed by atoms with van der Waals surface area (Å²) >= 11 is 0. The van der Waals surface area contributed by atoms with Gasteiger partial charge >= 0.3 is 0 Å². The Bertz CT molecular complexity index is 694. The third-order valence-corrected chi connectivity index (χ3v) is 2.97. The number of benzene rings is 2. The molecule has 0 heterocycles. The van der Waals surface area contributed by atoms with E-state index in [1.807, 2.05) is 6.07 Å². The van der Waals surface area contributed by atoms with Crippen molar-refractivity contribution >= 4 is 23.2 Å². The molecule has 0 aliphatic rings. The average molecular weight is 282 g/mol. The molecule has 1 N–H and O–H groups in total. The fourth-order valence-corrected chi connectivity index (χ4v) is 1.89. The lowest BCUT2D eigenvalue weighted by atomic mass is 10.1. The van der Waals surface area contributed by atoms with Crippen LogP contribution in [0.4, 0.5) is 11.4 Å². The SMILES string of the molecule is CNc1ccc(/C=C/C(=O)c2ccccc2)cc1[N+](=O)[O-]. The Labute approximate surface area is 122 Å². The maximum atomic E-state index is 11.9. The summed E-state index contributed by atoms with van der Waals surface area (Å²) in [6, 6.07) is 13.6. The van der Waals surface area contributed by atoms with Gasteiger partial charge < -0.3 is 5.32 Å². The number of nitro groups is 1. The molecule has 0 fully saturated rings. The van der Waals surface area contributed by atoms with E-state index in [2.05, 4.69) is 5.32 Å². The lowest BCUT2D eigenvalue weighted by Crippen LogP contribution is -1.97. The molecule has 0 spiro atoms. The van der Waals surface area contributed by atoms with Crippen molar-refractivity contribution in [3.63, 3.8) is 0 Å². The van der Waals surface area contributed by atoms with Crippen LogP contribution in [0.15, 0.2) is 54.6 Å². The first kappa shape index (κ1) is 14.5. The Hall–Kier alpha value is -2.95. The number of nitrogens with one attached hydrogen (secondary N) is 1. The number of carbonyl (C=O) groups is 1. The molecule has 0 amide bonds. The molecule has 21 heavy (non-hydrogen) atoms. The Morgan fingerprint density at radius 2 is 1.90 bits per heavy atom. The summed E-state index contributed by atoms with van der Waals surface area (Å²) in [5, 5.41) is 13.7. The minimum Gasteiger partial charge on any atom is -0.383 e. The van der Waals surface area contributed by atoms with Crippen molar-refractivity contribution in [2.75, 3.05) is 12.4 Å². The third kappa shape index (κ3) is 3.54. The van der Waals surface area contributed by atoms with Crippen molar-refractivity contribution in [1.82, 2.24) is 0 Å². The summed E-state index contributed by atoms with van der Waals surface area (Å²) < 4.78 is 0. The van der Waals surface area contributed by atoms with Gasteiger partial charge in [0.1, 0.15) is 5.69 Å². The van der Waals surface area contributed by atoms with Crippen LogP contribution in [0, 0.1) is 10.1 Å². The third-order valence-electron chi connectivity index (χ3n) is 2.97.